The number of esters is 1. The lowest BCUT2D eigenvalue weighted by atomic mass is 10.2. The summed E-state index contributed by atoms with van der Waals surface area (Å²) in [6.07, 6.45) is 0.425. The topological polar surface area (TPSA) is 118 Å². The average molecular weight is 479 g/mol. The highest BCUT2D eigenvalue weighted by Crippen LogP contribution is 2.19. The van der Waals surface area contributed by atoms with Crippen LogP contribution < -0.4 is 15.8 Å². The van der Waals surface area contributed by atoms with E-state index in [-0.39, 0.29) is 43.6 Å². The molecule has 1 aromatic heterocycles. The van der Waals surface area contributed by atoms with Gasteiger partial charge in [0.1, 0.15) is 11.6 Å². The van der Waals surface area contributed by atoms with Crippen molar-refractivity contribution in [2.75, 3.05) is 10.3 Å². The highest BCUT2D eigenvalue weighted by molar-refractivity contribution is 7.09. The minimum Gasteiger partial charge on any atom is -0.456 e. The Hall–Kier alpha value is -4.05. The van der Waals surface area contributed by atoms with Crippen LogP contribution in [0.1, 0.15) is 39.5 Å². The zero-order valence-electron chi connectivity index (χ0n) is 18.4. The highest BCUT2D eigenvalue weighted by Gasteiger charge is 2.24. The van der Waals surface area contributed by atoms with Crippen molar-refractivity contribution in [3.63, 3.8) is 0 Å². The number of aryl methyl sites for hydroxylation is 1. The predicted molar refractivity (Wildman–Crippen MR) is 126 cm³/mol. The Morgan fingerprint density at radius 1 is 1.09 bits per heavy atom. The molecule has 174 valence electrons. The van der Waals surface area contributed by atoms with Crippen LogP contribution in [0.5, 0.6) is 0 Å². The van der Waals surface area contributed by atoms with E-state index in [0.29, 0.717) is 22.0 Å². The Labute approximate surface area is 199 Å². The third kappa shape index (κ3) is 5.84. The molecule has 1 fully saturated rings. The number of hydrogen-bond donors (Lipinski definition) is 2. The third-order valence-electron chi connectivity index (χ3n) is 5.01. The number of nitrogens with zero attached hydrogens (tertiary/aromatic N) is 2. The van der Waals surface area contributed by atoms with Crippen LogP contribution in [0.25, 0.3) is 0 Å². The minimum atomic E-state index is -0.549. The lowest BCUT2D eigenvalue weighted by Gasteiger charge is -2.27. The quantitative estimate of drug-likeness (QED) is 0.504. The third-order valence-corrected chi connectivity index (χ3v) is 5.91. The number of benzene rings is 2. The van der Waals surface area contributed by atoms with E-state index in [2.05, 4.69) is 15.7 Å². The maximum absolute atomic E-state index is 12.4. The van der Waals surface area contributed by atoms with Gasteiger partial charge in [0.25, 0.3) is 0 Å². The molecular weight excluding hydrogens is 456 g/mol. The number of hydrazine groups is 1. The van der Waals surface area contributed by atoms with Crippen molar-refractivity contribution < 1.29 is 23.9 Å². The molecule has 1 aliphatic rings. The van der Waals surface area contributed by atoms with Gasteiger partial charge in [0.15, 0.2) is 0 Å². The maximum atomic E-state index is 12.4. The zero-order chi connectivity index (χ0) is 24.1. The predicted octanol–water partition coefficient (Wildman–Crippen LogP) is 3.15. The van der Waals surface area contributed by atoms with Crippen LogP contribution >= 0.6 is 11.3 Å². The second-order valence-corrected chi connectivity index (χ2v) is 8.65. The van der Waals surface area contributed by atoms with Gasteiger partial charge in [0.2, 0.25) is 17.7 Å². The second-order valence-electron chi connectivity index (χ2n) is 7.71. The van der Waals surface area contributed by atoms with E-state index in [1.54, 1.807) is 17.5 Å². The number of nitrogens with one attached hydrogen (secondary N) is 2. The summed E-state index contributed by atoms with van der Waals surface area (Å²) in [6.45, 7) is 1.94. The zero-order valence-corrected chi connectivity index (χ0v) is 19.2. The van der Waals surface area contributed by atoms with Crippen molar-refractivity contribution in [2.24, 2.45) is 0 Å². The van der Waals surface area contributed by atoms with E-state index in [9.17, 15) is 19.2 Å². The summed E-state index contributed by atoms with van der Waals surface area (Å²) >= 11 is 1.32. The highest BCUT2D eigenvalue weighted by atomic mass is 32.1. The number of amides is 3. The Kier molecular flexibility index (Phi) is 6.98. The number of thiazole rings is 1. The first-order valence-corrected chi connectivity index (χ1v) is 11.4. The monoisotopic (exact) mass is 478 g/mol. The van der Waals surface area contributed by atoms with Crippen molar-refractivity contribution in [3.8, 4) is 0 Å². The van der Waals surface area contributed by atoms with Gasteiger partial charge in [-0.2, -0.15) is 0 Å². The van der Waals surface area contributed by atoms with Crippen molar-refractivity contribution in [3.05, 3.63) is 75.7 Å². The molecule has 3 amide bonds. The molecule has 2 aromatic carbocycles. The maximum Gasteiger partial charge on any atom is 0.338 e. The molecule has 0 atom stereocenters. The summed E-state index contributed by atoms with van der Waals surface area (Å²) in [5, 5.41) is 6.36. The van der Waals surface area contributed by atoms with Gasteiger partial charge < -0.3 is 10.1 Å². The lowest BCUT2D eigenvalue weighted by molar-refractivity contribution is -0.130. The normalized spacial score (nSPS) is 13.4. The molecule has 3 aromatic rings. The molecule has 1 aliphatic heterocycles. The fourth-order valence-corrected chi connectivity index (χ4v) is 4.01. The van der Waals surface area contributed by atoms with Crippen LogP contribution in [-0.4, -0.2) is 28.7 Å². The van der Waals surface area contributed by atoms with Gasteiger partial charge in [-0.25, -0.2) is 14.8 Å². The number of aromatic nitrogens is 1. The van der Waals surface area contributed by atoms with Gasteiger partial charge in [-0.3, -0.25) is 19.8 Å². The fraction of sp³-hybridized carbons (Fsp3) is 0.208. The SMILES string of the molecule is Cc1ccc(NC(=O)Cc2nc(COC(=O)c3ccc(N4NC(=O)CCC4=O)cc3)cs2)cc1. The van der Waals surface area contributed by atoms with Crippen LogP contribution in [0.15, 0.2) is 53.9 Å². The van der Waals surface area contributed by atoms with Gasteiger partial charge in [-0.15, -0.1) is 11.3 Å². The first-order valence-electron chi connectivity index (χ1n) is 10.6. The lowest BCUT2D eigenvalue weighted by Crippen LogP contribution is -2.50. The summed E-state index contributed by atoms with van der Waals surface area (Å²) < 4.78 is 5.32. The summed E-state index contributed by atoms with van der Waals surface area (Å²) in [5.74, 6) is -1.18. The van der Waals surface area contributed by atoms with E-state index < -0.39 is 5.97 Å². The largest absolute Gasteiger partial charge is 0.456 e. The van der Waals surface area contributed by atoms with Crippen LogP contribution in [0.4, 0.5) is 11.4 Å². The number of hydrogen-bond acceptors (Lipinski definition) is 7. The van der Waals surface area contributed by atoms with Crippen molar-refractivity contribution >= 4 is 46.4 Å². The van der Waals surface area contributed by atoms with E-state index in [1.165, 1.54) is 28.5 Å². The van der Waals surface area contributed by atoms with Crippen LogP contribution in [0.3, 0.4) is 0 Å². The molecule has 0 saturated carbocycles. The summed E-state index contributed by atoms with van der Waals surface area (Å²) in [6, 6.07) is 13.7. The van der Waals surface area contributed by atoms with Crippen molar-refractivity contribution in [1.82, 2.24) is 10.4 Å². The van der Waals surface area contributed by atoms with Crippen LogP contribution in [0, 0.1) is 6.92 Å². The minimum absolute atomic E-state index is 0.0304. The molecule has 0 aliphatic carbocycles. The molecule has 34 heavy (non-hydrogen) atoms. The van der Waals surface area contributed by atoms with Gasteiger partial charge >= 0.3 is 5.97 Å². The van der Waals surface area contributed by atoms with Gasteiger partial charge in [-0.05, 0) is 43.3 Å². The molecule has 0 unspecified atom stereocenters. The molecular formula is C24H22N4O5S. The number of ether oxygens (including phenoxy) is 1. The smallest absolute Gasteiger partial charge is 0.338 e. The standard InChI is InChI=1S/C24H22N4O5S/c1-15-2-6-17(7-3-15)25-21(30)12-22-26-18(14-34-22)13-33-24(32)16-4-8-19(9-5-16)28-23(31)11-10-20(29)27-28/h2-9,14H,10-13H2,1H3,(H,25,30)(H,27,29). The molecule has 2 heterocycles. The Morgan fingerprint density at radius 2 is 1.82 bits per heavy atom. The molecule has 0 bridgehead atoms. The van der Waals surface area contributed by atoms with E-state index in [4.69, 9.17) is 4.74 Å². The Morgan fingerprint density at radius 3 is 2.56 bits per heavy atom. The first kappa shape index (κ1) is 23.1. The summed E-state index contributed by atoms with van der Waals surface area (Å²) in [5.41, 5.74) is 5.64. The molecule has 0 spiro atoms. The summed E-state index contributed by atoms with van der Waals surface area (Å²) in [4.78, 5) is 52.5. The first-order chi connectivity index (χ1) is 16.4. The van der Waals surface area contributed by atoms with Gasteiger partial charge in [-0.1, -0.05) is 17.7 Å². The van der Waals surface area contributed by atoms with E-state index in [0.717, 1.165) is 11.3 Å². The van der Waals surface area contributed by atoms with E-state index >= 15 is 0 Å². The molecule has 2 N–H and O–H groups in total. The second kappa shape index (κ2) is 10.3. The van der Waals surface area contributed by atoms with Crippen molar-refractivity contribution in [2.45, 2.75) is 32.8 Å². The van der Waals surface area contributed by atoms with Gasteiger partial charge in [0, 0.05) is 23.9 Å². The molecule has 10 heteroatoms. The Bertz CT molecular complexity index is 1220. The van der Waals surface area contributed by atoms with Crippen LogP contribution in [0.2, 0.25) is 0 Å². The van der Waals surface area contributed by atoms with Gasteiger partial charge in [0.05, 0.1) is 23.4 Å². The van der Waals surface area contributed by atoms with Crippen LogP contribution in [-0.2, 0) is 32.1 Å². The fourth-order valence-electron chi connectivity index (χ4n) is 3.23. The Balaban J connectivity index is 1.28. The average Bonchev–Trinajstić information content (AvgIpc) is 3.27. The molecule has 1 saturated heterocycles. The number of rotatable bonds is 7. The number of anilines is 2. The molecule has 4 rings (SSSR count). The summed E-state index contributed by atoms with van der Waals surface area (Å²) in [7, 11) is 0. The van der Waals surface area contributed by atoms with E-state index in [1.807, 2.05) is 31.2 Å². The number of carbonyl (C=O) groups excluding carboxylic acids is 4. The molecule has 0 radical (unpaired) electrons. The number of carbonyl (C=O) groups is 4. The molecule has 9 nitrogen and oxygen atoms in total. The van der Waals surface area contributed by atoms with Crippen molar-refractivity contribution in [1.29, 1.82) is 0 Å².